The molecule has 7 nitrogen and oxygen atoms in total. The molecular formula is C17H22N4O3. The van der Waals surface area contributed by atoms with Crippen molar-refractivity contribution in [3.05, 3.63) is 18.5 Å². The summed E-state index contributed by atoms with van der Waals surface area (Å²) in [6.07, 6.45) is 3.67. The maximum Gasteiger partial charge on any atom is 0.226 e. The van der Waals surface area contributed by atoms with Crippen molar-refractivity contribution in [3.8, 4) is 0 Å². The summed E-state index contributed by atoms with van der Waals surface area (Å²) in [5.74, 6) is 2.54. The average molecular weight is 330 g/mol. The summed E-state index contributed by atoms with van der Waals surface area (Å²) in [7, 11) is 0. The SMILES string of the molecule is O=C(C1[C@H]2COC[C@@H]12)N1C[C@@H]2CN(c3ncccn3)CCO[C@@H]2C1. The van der Waals surface area contributed by atoms with Crippen molar-refractivity contribution in [2.75, 3.05) is 50.9 Å². The molecule has 4 aliphatic rings. The van der Waals surface area contributed by atoms with Gasteiger partial charge in [-0.15, -0.1) is 0 Å². The van der Waals surface area contributed by atoms with Crippen LogP contribution in [0, 0.1) is 23.7 Å². The van der Waals surface area contributed by atoms with Crippen LogP contribution in [0.1, 0.15) is 0 Å². The van der Waals surface area contributed by atoms with E-state index in [1.807, 2.05) is 11.0 Å². The maximum absolute atomic E-state index is 12.8. The molecule has 0 N–H and O–H groups in total. The van der Waals surface area contributed by atoms with Crippen LogP contribution >= 0.6 is 0 Å². The number of rotatable bonds is 2. The lowest BCUT2D eigenvalue weighted by Crippen LogP contribution is -2.36. The van der Waals surface area contributed by atoms with Crippen LogP contribution in [-0.2, 0) is 14.3 Å². The zero-order valence-electron chi connectivity index (χ0n) is 13.6. The minimum absolute atomic E-state index is 0.137. The number of amides is 1. The molecule has 3 aliphatic heterocycles. The average Bonchev–Trinajstić information content (AvgIpc) is 2.94. The molecule has 128 valence electrons. The van der Waals surface area contributed by atoms with E-state index < -0.39 is 0 Å². The van der Waals surface area contributed by atoms with E-state index in [-0.39, 0.29) is 12.0 Å². The first-order valence-corrected chi connectivity index (χ1v) is 8.81. The highest BCUT2D eigenvalue weighted by Crippen LogP contribution is 2.52. The fourth-order valence-electron chi connectivity index (χ4n) is 4.53. The number of carbonyl (C=O) groups is 1. The molecule has 7 heteroatoms. The van der Waals surface area contributed by atoms with Gasteiger partial charge in [-0.1, -0.05) is 0 Å². The summed E-state index contributed by atoms with van der Waals surface area (Å²) >= 11 is 0. The van der Waals surface area contributed by atoms with Crippen LogP contribution in [0.3, 0.4) is 0 Å². The number of hydrogen-bond acceptors (Lipinski definition) is 6. The van der Waals surface area contributed by atoms with Gasteiger partial charge in [-0.3, -0.25) is 4.79 Å². The molecule has 1 aromatic rings. The zero-order valence-corrected chi connectivity index (χ0v) is 13.6. The van der Waals surface area contributed by atoms with Crippen LogP contribution in [-0.4, -0.2) is 72.9 Å². The number of ether oxygens (including phenoxy) is 2. The van der Waals surface area contributed by atoms with Gasteiger partial charge in [0.1, 0.15) is 0 Å². The van der Waals surface area contributed by atoms with Gasteiger partial charge in [-0.05, 0) is 17.9 Å². The standard InChI is InChI=1S/C17H22N4O3/c22-16(15-12-9-23-10-13(12)15)21-7-11-6-20(4-5-24-14(11)8-21)17-18-2-1-3-19-17/h1-3,11-15H,4-10H2/t11-,12-,13+,14+,15?/m0/s1. The Hall–Kier alpha value is -1.73. The lowest BCUT2D eigenvalue weighted by Gasteiger charge is -2.23. The zero-order chi connectivity index (χ0) is 16.1. The predicted octanol–water partition coefficient (Wildman–Crippen LogP) is 0.0326. The van der Waals surface area contributed by atoms with Crippen molar-refractivity contribution in [2.45, 2.75) is 6.10 Å². The van der Waals surface area contributed by atoms with Crippen molar-refractivity contribution >= 4 is 11.9 Å². The fraction of sp³-hybridized carbons (Fsp3) is 0.706. The van der Waals surface area contributed by atoms with Gasteiger partial charge in [0.05, 0.1) is 25.9 Å². The van der Waals surface area contributed by atoms with Crippen LogP contribution in [0.15, 0.2) is 18.5 Å². The molecule has 0 radical (unpaired) electrons. The first kappa shape index (κ1) is 14.6. The molecule has 24 heavy (non-hydrogen) atoms. The summed E-state index contributed by atoms with van der Waals surface area (Å²) in [5.41, 5.74) is 0. The third kappa shape index (κ3) is 2.38. The first-order valence-electron chi connectivity index (χ1n) is 8.81. The summed E-state index contributed by atoms with van der Waals surface area (Å²) in [4.78, 5) is 25.7. The molecular weight excluding hydrogens is 308 g/mol. The van der Waals surface area contributed by atoms with Gasteiger partial charge < -0.3 is 19.3 Å². The second-order valence-corrected chi connectivity index (χ2v) is 7.30. The number of likely N-dealkylation sites (tertiary alicyclic amines) is 1. The topological polar surface area (TPSA) is 67.8 Å². The first-order chi connectivity index (χ1) is 11.8. The van der Waals surface area contributed by atoms with E-state index in [0.717, 1.165) is 45.3 Å². The van der Waals surface area contributed by atoms with Crippen LogP contribution in [0.2, 0.25) is 0 Å². The molecule has 5 rings (SSSR count). The summed E-state index contributed by atoms with van der Waals surface area (Å²) in [6, 6.07) is 1.83. The van der Waals surface area contributed by atoms with E-state index >= 15 is 0 Å². The van der Waals surface area contributed by atoms with Crippen molar-refractivity contribution in [1.82, 2.24) is 14.9 Å². The predicted molar refractivity (Wildman–Crippen MR) is 85.3 cm³/mol. The van der Waals surface area contributed by atoms with Gasteiger partial charge in [-0.2, -0.15) is 0 Å². The van der Waals surface area contributed by atoms with Gasteiger partial charge >= 0.3 is 0 Å². The van der Waals surface area contributed by atoms with E-state index in [9.17, 15) is 4.79 Å². The van der Waals surface area contributed by atoms with Crippen molar-refractivity contribution in [2.24, 2.45) is 23.7 Å². The third-order valence-electron chi connectivity index (χ3n) is 5.91. The molecule has 5 atom stereocenters. The van der Waals surface area contributed by atoms with Crippen molar-refractivity contribution in [1.29, 1.82) is 0 Å². The highest BCUT2D eigenvalue weighted by Gasteiger charge is 2.59. The number of hydrogen-bond donors (Lipinski definition) is 0. The Bertz CT molecular complexity index is 618. The van der Waals surface area contributed by atoms with E-state index in [1.165, 1.54) is 0 Å². The lowest BCUT2D eigenvalue weighted by atomic mass is 10.1. The molecule has 1 unspecified atom stereocenters. The molecule has 0 spiro atoms. The monoisotopic (exact) mass is 330 g/mol. The molecule has 1 aromatic heterocycles. The molecule has 4 heterocycles. The fourth-order valence-corrected chi connectivity index (χ4v) is 4.53. The van der Waals surface area contributed by atoms with Crippen LogP contribution in [0.25, 0.3) is 0 Å². The second-order valence-electron chi connectivity index (χ2n) is 7.30. The Morgan fingerprint density at radius 2 is 1.92 bits per heavy atom. The van der Waals surface area contributed by atoms with Crippen LogP contribution < -0.4 is 4.90 Å². The van der Waals surface area contributed by atoms with Gasteiger partial charge in [0.25, 0.3) is 0 Å². The highest BCUT2D eigenvalue weighted by molar-refractivity contribution is 5.83. The maximum atomic E-state index is 12.8. The van der Waals surface area contributed by atoms with Crippen molar-refractivity contribution < 1.29 is 14.3 Å². The number of carbonyl (C=O) groups excluding carboxylic acids is 1. The third-order valence-corrected chi connectivity index (χ3v) is 5.91. The van der Waals surface area contributed by atoms with Gasteiger partial charge in [0.15, 0.2) is 0 Å². The molecule has 3 saturated heterocycles. The molecule has 0 bridgehead atoms. The molecule has 1 amide bonds. The van der Waals surface area contributed by atoms with Gasteiger partial charge in [0.2, 0.25) is 11.9 Å². The van der Waals surface area contributed by atoms with Gasteiger partial charge in [0, 0.05) is 50.4 Å². The molecule has 0 aromatic carbocycles. The molecule has 1 saturated carbocycles. The van der Waals surface area contributed by atoms with Crippen molar-refractivity contribution in [3.63, 3.8) is 0 Å². The van der Waals surface area contributed by atoms with E-state index in [2.05, 4.69) is 14.9 Å². The van der Waals surface area contributed by atoms with E-state index in [1.54, 1.807) is 12.4 Å². The van der Waals surface area contributed by atoms with E-state index in [4.69, 9.17) is 9.47 Å². The lowest BCUT2D eigenvalue weighted by molar-refractivity contribution is -0.133. The minimum atomic E-state index is 0.137. The highest BCUT2D eigenvalue weighted by atomic mass is 16.5. The number of fused-ring (bicyclic) bond motifs is 2. The number of anilines is 1. The smallest absolute Gasteiger partial charge is 0.226 e. The molecule has 1 aliphatic carbocycles. The van der Waals surface area contributed by atoms with Crippen LogP contribution in [0.5, 0.6) is 0 Å². The van der Waals surface area contributed by atoms with Gasteiger partial charge in [-0.25, -0.2) is 9.97 Å². The minimum Gasteiger partial charge on any atom is -0.381 e. The Kier molecular flexibility index (Phi) is 3.45. The Balaban J connectivity index is 1.26. The Labute approximate surface area is 140 Å². The quantitative estimate of drug-likeness (QED) is 0.762. The Morgan fingerprint density at radius 1 is 1.12 bits per heavy atom. The van der Waals surface area contributed by atoms with E-state index in [0.29, 0.717) is 30.3 Å². The summed E-state index contributed by atoms with van der Waals surface area (Å²) in [5, 5.41) is 0. The normalized spacial score (nSPS) is 37.8. The van der Waals surface area contributed by atoms with Crippen LogP contribution in [0.4, 0.5) is 5.95 Å². The summed E-state index contributed by atoms with van der Waals surface area (Å²) < 4.78 is 11.4. The largest absolute Gasteiger partial charge is 0.381 e. The Morgan fingerprint density at radius 3 is 2.71 bits per heavy atom. The molecule has 4 fully saturated rings. The number of aromatic nitrogens is 2. The number of nitrogens with zero attached hydrogens (tertiary/aromatic N) is 4. The second kappa shape index (κ2) is 5.67. The summed E-state index contributed by atoms with van der Waals surface area (Å²) in [6.45, 7) is 5.33.